The summed E-state index contributed by atoms with van der Waals surface area (Å²) in [6.45, 7) is 3.72. The van der Waals surface area contributed by atoms with Crippen LogP contribution in [0.5, 0.6) is 0 Å². The van der Waals surface area contributed by atoms with Crippen LogP contribution in [-0.4, -0.2) is 76.5 Å². The van der Waals surface area contributed by atoms with Gasteiger partial charge in [0.15, 0.2) is 0 Å². The maximum Gasteiger partial charge on any atom is 0.326 e. The van der Waals surface area contributed by atoms with Crippen molar-refractivity contribution in [2.24, 2.45) is 23.1 Å². The third-order valence-electron chi connectivity index (χ3n) is 5.12. The van der Waals surface area contributed by atoms with E-state index in [1.54, 1.807) is 13.8 Å². The van der Waals surface area contributed by atoms with Crippen molar-refractivity contribution < 1.29 is 39.0 Å². The quantitative estimate of drug-likeness (QED) is 0.0988. The number of carbonyl (C=O) groups is 6. The molecule has 34 heavy (non-hydrogen) atoms. The minimum absolute atomic E-state index is 0.0858. The molecule has 0 rings (SSSR count). The van der Waals surface area contributed by atoms with Gasteiger partial charge in [-0.1, -0.05) is 20.3 Å². The van der Waals surface area contributed by atoms with Crippen molar-refractivity contribution in [3.8, 4) is 0 Å². The largest absolute Gasteiger partial charge is 0.481 e. The lowest BCUT2D eigenvalue weighted by Crippen LogP contribution is -2.59. The summed E-state index contributed by atoms with van der Waals surface area (Å²) in [5.41, 5.74) is 16.1. The van der Waals surface area contributed by atoms with Gasteiger partial charge in [-0.15, -0.1) is 0 Å². The molecule has 0 aromatic rings. The number of carboxylic acids is 2. The van der Waals surface area contributed by atoms with E-state index in [1.807, 2.05) is 0 Å². The van der Waals surface area contributed by atoms with Crippen LogP contribution in [0.15, 0.2) is 0 Å². The van der Waals surface area contributed by atoms with E-state index in [2.05, 4.69) is 16.0 Å². The van der Waals surface area contributed by atoms with Crippen LogP contribution >= 0.6 is 0 Å². The van der Waals surface area contributed by atoms with E-state index < -0.39 is 78.5 Å². The zero-order valence-corrected chi connectivity index (χ0v) is 19.4. The molecule has 0 saturated carbocycles. The molecule has 0 fully saturated rings. The predicted molar refractivity (Wildman–Crippen MR) is 120 cm³/mol. The van der Waals surface area contributed by atoms with Crippen molar-refractivity contribution in [3.63, 3.8) is 0 Å². The van der Waals surface area contributed by atoms with Crippen molar-refractivity contribution in [1.29, 1.82) is 0 Å². The fourth-order valence-corrected chi connectivity index (χ4v) is 2.94. The Balaban J connectivity index is 5.53. The zero-order valence-electron chi connectivity index (χ0n) is 19.4. The van der Waals surface area contributed by atoms with Crippen LogP contribution in [-0.2, 0) is 28.8 Å². The lowest BCUT2D eigenvalue weighted by molar-refractivity contribution is -0.142. The van der Waals surface area contributed by atoms with Gasteiger partial charge in [-0.05, 0) is 31.7 Å². The molecule has 14 heteroatoms. The van der Waals surface area contributed by atoms with Gasteiger partial charge in [0.25, 0.3) is 0 Å². The maximum absolute atomic E-state index is 12.9. The molecule has 0 aliphatic carbocycles. The number of carbonyl (C=O) groups excluding carboxylic acids is 4. The predicted octanol–water partition coefficient (Wildman–Crippen LogP) is -2.62. The topological polar surface area (TPSA) is 257 Å². The number of primary amides is 1. The molecule has 5 unspecified atom stereocenters. The number of hydrogen-bond acceptors (Lipinski definition) is 8. The Hall–Kier alpha value is -3.26. The van der Waals surface area contributed by atoms with Gasteiger partial charge in [-0.25, -0.2) is 4.79 Å². The average molecular weight is 489 g/mol. The highest BCUT2D eigenvalue weighted by Crippen LogP contribution is 2.10. The molecular weight excluding hydrogens is 452 g/mol. The van der Waals surface area contributed by atoms with Crippen molar-refractivity contribution in [2.75, 3.05) is 6.54 Å². The van der Waals surface area contributed by atoms with Crippen LogP contribution in [0.2, 0.25) is 0 Å². The molecule has 4 amide bonds. The highest BCUT2D eigenvalue weighted by Gasteiger charge is 2.33. The molecule has 0 aromatic heterocycles. The first-order chi connectivity index (χ1) is 15.8. The first-order valence-corrected chi connectivity index (χ1v) is 10.9. The Morgan fingerprint density at radius 3 is 1.91 bits per heavy atom. The molecule has 0 heterocycles. The molecule has 0 saturated heterocycles. The van der Waals surface area contributed by atoms with Crippen molar-refractivity contribution >= 4 is 35.6 Å². The fraction of sp³-hybridized carbons (Fsp3) is 0.700. The number of unbranched alkanes of at least 4 members (excludes halogenated alkanes) is 1. The first-order valence-electron chi connectivity index (χ1n) is 10.9. The summed E-state index contributed by atoms with van der Waals surface area (Å²) in [5, 5.41) is 25.1. The molecule has 11 N–H and O–H groups in total. The number of carboxylic acid groups (broad SMARTS) is 2. The van der Waals surface area contributed by atoms with Gasteiger partial charge in [0.05, 0.1) is 18.9 Å². The van der Waals surface area contributed by atoms with Crippen LogP contribution in [0, 0.1) is 5.92 Å². The summed E-state index contributed by atoms with van der Waals surface area (Å²) < 4.78 is 0. The zero-order chi connectivity index (χ0) is 26.4. The lowest BCUT2D eigenvalue weighted by Gasteiger charge is -2.27. The van der Waals surface area contributed by atoms with Crippen LogP contribution in [0.3, 0.4) is 0 Å². The summed E-state index contributed by atoms with van der Waals surface area (Å²) in [5.74, 6) is -6.66. The van der Waals surface area contributed by atoms with Crippen molar-refractivity contribution in [1.82, 2.24) is 16.0 Å². The second kappa shape index (κ2) is 15.6. The highest BCUT2D eigenvalue weighted by molar-refractivity contribution is 5.96. The van der Waals surface area contributed by atoms with Crippen molar-refractivity contribution in [2.45, 2.75) is 76.5 Å². The molecule has 5 atom stereocenters. The molecule has 0 aliphatic heterocycles. The van der Waals surface area contributed by atoms with E-state index >= 15 is 0 Å². The molecule has 14 nitrogen and oxygen atoms in total. The van der Waals surface area contributed by atoms with Gasteiger partial charge in [0.2, 0.25) is 23.6 Å². The Morgan fingerprint density at radius 1 is 0.853 bits per heavy atom. The molecule has 0 radical (unpaired) electrons. The summed E-state index contributed by atoms with van der Waals surface area (Å²) in [7, 11) is 0. The minimum atomic E-state index is -1.50. The van der Waals surface area contributed by atoms with Crippen LogP contribution in [0.4, 0.5) is 0 Å². The van der Waals surface area contributed by atoms with Crippen LogP contribution < -0.4 is 33.2 Å². The summed E-state index contributed by atoms with van der Waals surface area (Å²) in [6, 6.07) is -5.39. The third kappa shape index (κ3) is 11.6. The van der Waals surface area contributed by atoms with E-state index in [0.717, 1.165) is 0 Å². The number of aliphatic carboxylic acids is 2. The van der Waals surface area contributed by atoms with Crippen LogP contribution in [0.25, 0.3) is 0 Å². The standard InChI is InChI=1S/C20H36N6O8/c1-3-10(2)16(26-17(30)11(22)8-15(28)29)19(32)25-13(9-14(23)27)18(31)24-12(20(33)34)6-4-5-7-21/h10-13,16H,3-9,21-22H2,1-2H3,(H2,23,27)(H,24,31)(H,25,32)(H,26,30)(H,28,29)(H,33,34). The molecule has 0 aromatic carbocycles. The van der Waals surface area contributed by atoms with Crippen molar-refractivity contribution in [3.05, 3.63) is 0 Å². The Labute approximate surface area is 197 Å². The second-order valence-corrected chi connectivity index (χ2v) is 7.99. The SMILES string of the molecule is CCC(C)C(NC(=O)C(N)CC(=O)O)C(=O)NC(CC(N)=O)C(=O)NC(CCCCN)C(=O)O. The van der Waals surface area contributed by atoms with E-state index in [4.69, 9.17) is 22.3 Å². The fourth-order valence-electron chi connectivity index (χ4n) is 2.94. The summed E-state index contributed by atoms with van der Waals surface area (Å²) in [4.78, 5) is 71.6. The smallest absolute Gasteiger partial charge is 0.326 e. The van der Waals surface area contributed by atoms with Gasteiger partial charge < -0.3 is 43.4 Å². The van der Waals surface area contributed by atoms with Gasteiger partial charge in [0, 0.05) is 0 Å². The van der Waals surface area contributed by atoms with E-state index in [-0.39, 0.29) is 6.42 Å². The Kier molecular flexibility index (Phi) is 14.1. The maximum atomic E-state index is 12.9. The first kappa shape index (κ1) is 30.7. The van der Waals surface area contributed by atoms with E-state index in [9.17, 15) is 33.9 Å². The third-order valence-corrected chi connectivity index (χ3v) is 5.12. The van der Waals surface area contributed by atoms with E-state index in [0.29, 0.717) is 25.8 Å². The Bertz CT molecular complexity index is 747. The number of hydrogen-bond donors (Lipinski definition) is 8. The van der Waals surface area contributed by atoms with Gasteiger partial charge in [-0.3, -0.25) is 24.0 Å². The lowest BCUT2D eigenvalue weighted by atomic mass is 9.97. The number of rotatable bonds is 17. The molecule has 0 aliphatic rings. The van der Waals surface area contributed by atoms with Gasteiger partial charge >= 0.3 is 11.9 Å². The molecular formula is C20H36N6O8. The summed E-state index contributed by atoms with van der Waals surface area (Å²) in [6.07, 6.45) is 0.200. The van der Waals surface area contributed by atoms with E-state index in [1.165, 1.54) is 0 Å². The normalized spacial score (nSPS) is 15.2. The summed E-state index contributed by atoms with van der Waals surface area (Å²) >= 11 is 0. The average Bonchev–Trinajstić information content (AvgIpc) is 2.74. The van der Waals surface area contributed by atoms with Gasteiger partial charge in [0.1, 0.15) is 18.1 Å². The second-order valence-electron chi connectivity index (χ2n) is 7.99. The molecule has 194 valence electrons. The molecule has 0 spiro atoms. The Morgan fingerprint density at radius 2 is 1.44 bits per heavy atom. The van der Waals surface area contributed by atoms with Crippen LogP contribution in [0.1, 0.15) is 52.4 Å². The number of nitrogens with one attached hydrogen (secondary N) is 3. The number of nitrogens with two attached hydrogens (primary N) is 3. The molecule has 0 bridgehead atoms. The number of amides is 4. The highest BCUT2D eigenvalue weighted by atomic mass is 16.4. The monoisotopic (exact) mass is 488 g/mol. The van der Waals surface area contributed by atoms with Gasteiger partial charge in [-0.2, -0.15) is 0 Å². The minimum Gasteiger partial charge on any atom is -0.481 e.